The van der Waals surface area contributed by atoms with Crippen LogP contribution in [0, 0.1) is 5.92 Å². The highest BCUT2D eigenvalue weighted by molar-refractivity contribution is 8.02. The van der Waals surface area contributed by atoms with Crippen molar-refractivity contribution in [2.75, 3.05) is 56.0 Å². The van der Waals surface area contributed by atoms with E-state index in [4.69, 9.17) is 14.6 Å². The Morgan fingerprint density at radius 1 is 0.933 bits per heavy atom. The van der Waals surface area contributed by atoms with E-state index in [0.717, 1.165) is 24.7 Å². The molecule has 1 N–H and O–H groups in total. The first kappa shape index (κ1) is 13.6. The number of aliphatic hydroxyl groups excluding tert-OH is 1. The molecule has 3 nitrogen and oxygen atoms in total. The number of rotatable bonds is 1. The molecular weight excluding hydrogens is 232 g/mol. The quantitative estimate of drug-likeness (QED) is 0.757. The molecule has 1 heterocycles. The molecule has 0 spiro atoms. The highest BCUT2D eigenvalue weighted by atomic mass is 32.2. The van der Waals surface area contributed by atoms with Crippen molar-refractivity contribution in [3.05, 3.63) is 0 Å². The van der Waals surface area contributed by atoms with Crippen LogP contribution in [0.15, 0.2) is 0 Å². The summed E-state index contributed by atoms with van der Waals surface area (Å²) in [5, 5.41) is 9.08. The van der Waals surface area contributed by atoms with E-state index in [1.54, 1.807) is 0 Å². The van der Waals surface area contributed by atoms with E-state index < -0.39 is 0 Å². The number of ether oxygens (including phenoxy) is 2. The summed E-state index contributed by atoms with van der Waals surface area (Å²) in [6.45, 7) is 2.95. The monoisotopic (exact) mass is 252 g/mol. The number of thioether (sulfide) groups is 2. The van der Waals surface area contributed by atoms with Crippen LogP contribution in [-0.4, -0.2) is 61.2 Å². The zero-order valence-electron chi connectivity index (χ0n) is 9.02. The van der Waals surface area contributed by atoms with Crippen molar-refractivity contribution in [3.8, 4) is 0 Å². The van der Waals surface area contributed by atoms with Crippen molar-refractivity contribution in [2.24, 2.45) is 5.92 Å². The van der Waals surface area contributed by atoms with E-state index in [2.05, 4.69) is 0 Å². The largest absolute Gasteiger partial charge is 0.396 e. The minimum Gasteiger partial charge on any atom is -0.396 e. The van der Waals surface area contributed by atoms with Crippen LogP contribution in [0.3, 0.4) is 0 Å². The average Bonchev–Trinajstić information content (AvgIpc) is 2.29. The molecular formula is C10H20O3S2. The molecule has 0 aromatic rings. The SMILES string of the molecule is OCC1COCCSCCSCCOC1. The maximum Gasteiger partial charge on any atom is 0.0556 e. The third-order valence-electron chi connectivity index (χ3n) is 2.08. The van der Waals surface area contributed by atoms with Gasteiger partial charge in [0.25, 0.3) is 0 Å². The van der Waals surface area contributed by atoms with Gasteiger partial charge in [-0.15, -0.1) is 0 Å². The van der Waals surface area contributed by atoms with Gasteiger partial charge in [-0.1, -0.05) is 0 Å². The summed E-state index contributed by atoms with van der Waals surface area (Å²) in [6, 6.07) is 0. The molecule has 0 aromatic heterocycles. The van der Waals surface area contributed by atoms with Crippen LogP contribution in [-0.2, 0) is 9.47 Å². The van der Waals surface area contributed by atoms with Gasteiger partial charge in [0, 0.05) is 28.9 Å². The van der Waals surface area contributed by atoms with Gasteiger partial charge < -0.3 is 14.6 Å². The fourth-order valence-corrected chi connectivity index (χ4v) is 3.03. The van der Waals surface area contributed by atoms with Crippen LogP contribution in [0.4, 0.5) is 0 Å². The van der Waals surface area contributed by atoms with Crippen LogP contribution in [0.25, 0.3) is 0 Å². The van der Waals surface area contributed by atoms with Gasteiger partial charge in [0.05, 0.1) is 33.0 Å². The standard InChI is InChI=1S/C10H20O3S2/c11-7-10-8-12-1-3-14-5-6-15-4-2-13-9-10/h10-11H,1-9H2. The fraction of sp³-hybridized carbons (Fsp3) is 1.00. The molecule has 1 fully saturated rings. The number of hydrogen-bond acceptors (Lipinski definition) is 5. The fourth-order valence-electron chi connectivity index (χ4n) is 1.21. The van der Waals surface area contributed by atoms with Crippen molar-refractivity contribution in [2.45, 2.75) is 0 Å². The minimum atomic E-state index is 0.140. The first-order chi connectivity index (χ1) is 7.43. The van der Waals surface area contributed by atoms with Gasteiger partial charge in [-0.05, 0) is 0 Å². The summed E-state index contributed by atoms with van der Waals surface area (Å²) >= 11 is 3.87. The Balaban J connectivity index is 2.17. The van der Waals surface area contributed by atoms with Crippen LogP contribution < -0.4 is 0 Å². The molecule has 0 aromatic carbocycles. The smallest absolute Gasteiger partial charge is 0.0556 e. The van der Waals surface area contributed by atoms with E-state index in [1.165, 1.54) is 11.5 Å². The molecule has 5 heteroatoms. The molecule has 0 radical (unpaired) electrons. The Morgan fingerprint density at radius 2 is 1.47 bits per heavy atom. The molecule has 1 aliphatic rings. The van der Waals surface area contributed by atoms with E-state index in [0.29, 0.717) is 13.2 Å². The number of hydrogen-bond donors (Lipinski definition) is 1. The average molecular weight is 252 g/mol. The predicted molar refractivity (Wildman–Crippen MR) is 66.9 cm³/mol. The van der Waals surface area contributed by atoms with Crippen molar-refractivity contribution >= 4 is 23.5 Å². The van der Waals surface area contributed by atoms with Crippen LogP contribution >= 0.6 is 23.5 Å². The van der Waals surface area contributed by atoms with Gasteiger partial charge in [-0.3, -0.25) is 0 Å². The summed E-state index contributed by atoms with van der Waals surface area (Å²) < 4.78 is 11.0. The Labute approximate surface area is 100 Å². The second-order valence-corrected chi connectivity index (χ2v) is 5.87. The summed E-state index contributed by atoms with van der Waals surface area (Å²) in [5.74, 6) is 4.63. The second kappa shape index (κ2) is 9.78. The molecule has 0 saturated carbocycles. The first-order valence-corrected chi connectivity index (χ1v) is 7.66. The van der Waals surface area contributed by atoms with E-state index in [-0.39, 0.29) is 12.5 Å². The number of aliphatic hydroxyl groups is 1. The van der Waals surface area contributed by atoms with Gasteiger partial charge in [0.1, 0.15) is 0 Å². The lowest BCUT2D eigenvalue weighted by atomic mass is 10.2. The van der Waals surface area contributed by atoms with Crippen LogP contribution in [0.5, 0.6) is 0 Å². The normalized spacial score (nSPS) is 23.8. The van der Waals surface area contributed by atoms with E-state index >= 15 is 0 Å². The molecule has 1 aliphatic heterocycles. The molecule has 0 amide bonds. The van der Waals surface area contributed by atoms with Gasteiger partial charge in [-0.2, -0.15) is 23.5 Å². The third kappa shape index (κ3) is 7.47. The third-order valence-corrected chi connectivity index (χ3v) is 4.24. The Hall–Kier alpha value is 0.580. The van der Waals surface area contributed by atoms with Crippen LogP contribution in [0.2, 0.25) is 0 Å². The zero-order chi connectivity index (χ0) is 10.8. The first-order valence-electron chi connectivity index (χ1n) is 5.35. The maximum atomic E-state index is 9.08. The summed E-state index contributed by atoms with van der Waals surface area (Å²) in [5.41, 5.74) is 0. The molecule has 90 valence electrons. The van der Waals surface area contributed by atoms with Crippen molar-refractivity contribution in [1.82, 2.24) is 0 Å². The van der Waals surface area contributed by atoms with Crippen LogP contribution in [0.1, 0.15) is 0 Å². The molecule has 0 atom stereocenters. The Bertz CT molecular complexity index is 133. The minimum absolute atomic E-state index is 0.140. The lowest BCUT2D eigenvalue weighted by molar-refractivity contribution is 0.0246. The van der Waals surface area contributed by atoms with Gasteiger partial charge in [0.2, 0.25) is 0 Å². The Kier molecular flexibility index (Phi) is 8.90. The summed E-state index contributed by atoms with van der Waals surface area (Å²) in [4.78, 5) is 0. The topological polar surface area (TPSA) is 38.7 Å². The van der Waals surface area contributed by atoms with Crippen molar-refractivity contribution in [1.29, 1.82) is 0 Å². The van der Waals surface area contributed by atoms with Gasteiger partial charge in [0.15, 0.2) is 0 Å². The second-order valence-electron chi connectivity index (χ2n) is 3.42. The van der Waals surface area contributed by atoms with Crippen molar-refractivity contribution in [3.63, 3.8) is 0 Å². The molecule has 1 rings (SSSR count). The maximum absolute atomic E-state index is 9.08. The van der Waals surface area contributed by atoms with Crippen molar-refractivity contribution < 1.29 is 14.6 Å². The lowest BCUT2D eigenvalue weighted by Gasteiger charge is -2.14. The van der Waals surface area contributed by atoms with Gasteiger partial charge in [-0.25, -0.2) is 0 Å². The molecule has 1 saturated heterocycles. The highest BCUT2D eigenvalue weighted by Crippen LogP contribution is 2.08. The predicted octanol–water partition coefficient (Wildman–Crippen LogP) is 1.11. The molecule has 0 unspecified atom stereocenters. The Morgan fingerprint density at radius 3 is 1.93 bits per heavy atom. The summed E-state index contributed by atoms with van der Waals surface area (Å²) in [6.07, 6.45) is 0. The summed E-state index contributed by atoms with van der Waals surface area (Å²) in [7, 11) is 0. The molecule has 15 heavy (non-hydrogen) atoms. The highest BCUT2D eigenvalue weighted by Gasteiger charge is 2.08. The lowest BCUT2D eigenvalue weighted by Crippen LogP contribution is -2.21. The molecule has 0 aliphatic carbocycles. The zero-order valence-corrected chi connectivity index (χ0v) is 10.7. The van der Waals surface area contributed by atoms with E-state index in [1.807, 2.05) is 23.5 Å². The van der Waals surface area contributed by atoms with Gasteiger partial charge >= 0.3 is 0 Å². The molecule has 0 bridgehead atoms. The van der Waals surface area contributed by atoms with E-state index in [9.17, 15) is 0 Å².